The van der Waals surface area contributed by atoms with Crippen LogP contribution in [0.5, 0.6) is 0 Å². The van der Waals surface area contributed by atoms with E-state index in [4.69, 9.17) is 20.4 Å². The first kappa shape index (κ1) is 21.2. The summed E-state index contributed by atoms with van der Waals surface area (Å²) in [6.07, 6.45) is 0.653. The van der Waals surface area contributed by atoms with Gasteiger partial charge in [-0.25, -0.2) is 4.79 Å². The van der Waals surface area contributed by atoms with Crippen molar-refractivity contribution in [3.63, 3.8) is 0 Å². The lowest BCUT2D eigenvalue weighted by Gasteiger charge is -2.22. The summed E-state index contributed by atoms with van der Waals surface area (Å²) < 4.78 is 0. The number of nitrogens with one attached hydrogen (secondary N) is 1. The monoisotopic (exact) mass is 368 g/mol. The third kappa shape index (κ3) is 6.88. The highest BCUT2D eigenvalue weighted by Crippen LogP contribution is 2.07. The van der Waals surface area contributed by atoms with Gasteiger partial charge in [0.05, 0.1) is 0 Å². The van der Waals surface area contributed by atoms with Gasteiger partial charge in [-0.3, -0.25) is 24.7 Å². The zero-order valence-corrected chi connectivity index (χ0v) is 13.4. The molecule has 0 heterocycles. The van der Waals surface area contributed by atoms with Gasteiger partial charge in [-0.2, -0.15) is 25.3 Å². The van der Waals surface area contributed by atoms with Gasteiger partial charge in [0, 0.05) is 17.7 Å². The van der Waals surface area contributed by atoms with E-state index in [1.807, 2.05) is 0 Å². The summed E-state index contributed by atoms with van der Waals surface area (Å²) in [6, 6.07) is -4.59. The van der Waals surface area contributed by atoms with E-state index in [1.54, 1.807) is 0 Å². The Labute approximate surface area is 141 Å². The number of carboxylic acids is 4. The van der Waals surface area contributed by atoms with Crippen molar-refractivity contribution in [3.8, 4) is 0 Å². The number of aliphatic carboxylic acids is 4. The molecule has 4 atom stereocenters. The smallest absolute Gasteiger partial charge is 0.329 e. The van der Waals surface area contributed by atoms with Gasteiger partial charge in [-0.15, -0.1) is 0 Å². The Morgan fingerprint density at radius 2 is 1.48 bits per heavy atom. The average molecular weight is 368 g/mol. The molecule has 0 aliphatic carbocycles. The second kappa shape index (κ2) is 10.1. The van der Waals surface area contributed by atoms with Crippen molar-refractivity contribution in [2.75, 3.05) is 11.5 Å². The summed E-state index contributed by atoms with van der Waals surface area (Å²) in [6.45, 7) is 0. The van der Waals surface area contributed by atoms with Gasteiger partial charge < -0.3 is 20.4 Å². The van der Waals surface area contributed by atoms with Gasteiger partial charge in [-0.1, -0.05) is 0 Å². The number of nitrogens with zero attached hydrogens (tertiary/aromatic N) is 1. The van der Waals surface area contributed by atoms with Crippen molar-refractivity contribution in [1.29, 1.82) is 0 Å². The Balaban J connectivity index is 5.45. The number of hydrogen-bond acceptors (Lipinski definition) is 8. The first-order chi connectivity index (χ1) is 10.6. The van der Waals surface area contributed by atoms with Crippen molar-refractivity contribution >= 4 is 55.3 Å². The number of hydrogen-bond donors (Lipinski definition) is 7. The highest BCUT2D eigenvalue weighted by molar-refractivity contribution is 7.80. The molecule has 4 unspecified atom stereocenters. The van der Waals surface area contributed by atoms with Crippen LogP contribution in [0, 0.1) is 5.92 Å². The van der Waals surface area contributed by atoms with Crippen LogP contribution in [0.4, 0.5) is 0 Å². The molecule has 0 spiro atoms. The molecule has 0 fully saturated rings. The highest BCUT2D eigenvalue weighted by Gasteiger charge is 2.36. The van der Waals surface area contributed by atoms with Crippen LogP contribution in [0.1, 0.15) is 0 Å². The minimum absolute atomic E-state index is 0.224. The lowest BCUT2D eigenvalue weighted by molar-refractivity contribution is -0.149. The molecular formula is C11H16N2O8S2. The number of carboxylic acid groups (broad SMARTS) is 4. The molecule has 0 aromatic rings. The zero-order valence-electron chi connectivity index (χ0n) is 11.6. The van der Waals surface area contributed by atoms with Crippen LogP contribution < -0.4 is 5.32 Å². The maximum atomic E-state index is 11.2. The van der Waals surface area contributed by atoms with Gasteiger partial charge in [-0.05, 0) is 0 Å². The second-order valence-electron chi connectivity index (χ2n) is 4.25. The maximum absolute atomic E-state index is 11.2. The summed E-state index contributed by atoms with van der Waals surface area (Å²) in [5.41, 5.74) is 0. The molecule has 23 heavy (non-hydrogen) atoms. The van der Waals surface area contributed by atoms with Gasteiger partial charge in [0.25, 0.3) is 0 Å². The molecule has 0 aliphatic rings. The first-order valence-electron chi connectivity index (χ1n) is 6.07. The van der Waals surface area contributed by atoms with Crippen LogP contribution in [-0.4, -0.2) is 80.1 Å². The van der Waals surface area contributed by atoms with Crippen LogP contribution in [0.15, 0.2) is 4.99 Å². The van der Waals surface area contributed by atoms with Crippen LogP contribution in [-0.2, 0) is 19.2 Å². The highest BCUT2D eigenvalue weighted by atomic mass is 32.1. The van der Waals surface area contributed by atoms with Gasteiger partial charge >= 0.3 is 23.9 Å². The Morgan fingerprint density at radius 1 is 0.913 bits per heavy atom. The maximum Gasteiger partial charge on any atom is 0.329 e. The molecule has 0 amide bonds. The molecule has 0 aromatic carbocycles. The van der Waals surface area contributed by atoms with Crippen LogP contribution >= 0.6 is 25.3 Å². The topological polar surface area (TPSA) is 174 Å². The van der Waals surface area contributed by atoms with Gasteiger partial charge in [0.2, 0.25) is 0 Å². The Morgan fingerprint density at radius 3 is 1.78 bits per heavy atom. The van der Waals surface area contributed by atoms with Crippen molar-refractivity contribution in [3.05, 3.63) is 0 Å². The van der Waals surface area contributed by atoms with E-state index in [9.17, 15) is 19.2 Å². The fourth-order valence-corrected chi connectivity index (χ4v) is 1.94. The molecule has 10 nitrogen and oxygen atoms in total. The predicted molar refractivity (Wildman–Crippen MR) is 84.7 cm³/mol. The fourth-order valence-electron chi connectivity index (χ4n) is 1.43. The van der Waals surface area contributed by atoms with E-state index >= 15 is 0 Å². The molecule has 0 bridgehead atoms. The molecule has 12 heteroatoms. The van der Waals surface area contributed by atoms with Crippen molar-refractivity contribution < 1.29 is 39.6 Å². The van der Waals surface area contributed by atoms with Crippen LogP contribution in [0.2, 0.25) is 0 Å². The normalized spacial score (nSPS) is 16.4. The summed E-state index contributed by atoms with van der Waals surface area (Å²) in [4.78, 5) is 47.7. The van der Waals surface area contributed by atoms with E-state index in [-0.39, 0.29) is 11.5 Å². The van der Waals surface area contributed by atoms with Crippen molar-refractivity contribution in [2.24, 2.45) is 10.9 Å². The SMILES string of the molecule is O=C(O)C(CS)N=CC(C(=O)O)C(NC(CS)C(=O)O)C(=O)O. The first-order valence-corrected chi connectivity index (χ1v) is 7.34. The summed E-state index contributed by atoms with van der Waals surface area (Å²) in [7, 11) is 0. The van der Waals surface area contributed by atoms with E-state index < -0.39 is 47.9 Å². The average Bonchev–Trinajstić information content (AvgIpc) is 2.44. The lowest BCUT2D eigenvalue weighted by atomic mass is 10.00. The molecule has 130 valence electrons. The lowest BCUT2D eigenvalue weighted by Crippen LogP contribution is -2.53. The molecule has 0 rings (SSSR count). The zero-order chi connectivity index (χ0) is 18.2. The molecule has 0 saturated heterocycles. The fraction of sp³-hybridized carbons (Fsp3) is 0.545. The van der Waals surface area contributed by atoms with Gasteiger partial charge in [0.1, 0.15) is 18.0 Å². The molecule has 0 aliphatic heterocycles. The largest absolute Gasteiger partial charge is 0.481 e. The molecule has 5 N–H and O–H groups in total. The molecule has 0 saturated carbocycles. The molecular weight excluding hydrogens is 352 g/mol. The standard InChI is InChI=1S/C11H16N2O8S2/c14-8(15)4(1-12-5(2-22)9(16)17)7(11(20)21)13-6(3-23)10(18)19/h1,4-7,13,22-23H,2-3H2,(H,14,15)(H,16,17)(H,18,19)(H,20,21). The van der Waals surface area contributed by atoms with E-state index in [1.165, 1.54) is 0 Å². The number of aliphatic imine (C=N–C) groups is 1. The van der Waals surface area contributed by atoms with Crippen molar-refractivity contribution in [2.45, 2.75) is 18.1 Å². The second-order valence-corrected chi connectivity index (χ2v) is 4.99. The van der Waals surface area contributed by atoms with Crippen LogP contribution in [0.25, 0.3) is 0 Å². The Kier molecular flexibility index (Phi) is 9.29. The number of carbonyl (C=O) groups is 4. The van der Waals surface area contributed by atoms with E-state index in [0.717, 1.165) is 0 Å². The van der Waals surface area contributed by atoms with Crippen LogP contribution in [0.3, 0.4) is 0 Å². The predicted octanol–water partition coefficient (Wildman–Crippen LogP) is -1.43. The minimum atomic E-state index is -1.83. The third-order valence-electron chi connectivity index (χ3n) is 2.66. The summed E-state index contributed by atoms with van der Waals surface area (Å²) in [5.74, 6) is -8.30. The van der Waals surface area contributed by atoms with Crippen molar-refractivity contribution in [1.82, 2.24) is 5.32 Å². The quantitative estimate of drug-likeness (QED) is 0.170. The van der Waals surface area contributed by atoms with E-state index in [0.29, 0.717) is 6.21 Å². The third-order valence-corrected chi connectivity index (χ3v) is 3.37. The minimum Gasteiger partial charge on any atom is -0.481 e. The van der Waals surface area contributed by atoms with E-state index in [2.05, 4.69) is 35.6 Å². The number of thiol groups is 2. The Hall–Kier alpha value is -1.79. The summed E-state index contributed by atoms with van der Waals surface area (Å²) >= 11 is 7.48. The molecule has 0 aromatic heterocycles. The summed E-state index contributed by atoms with van der Waals surface area (Å²) in [5, 5.41) is 38.0. The van der Waals surface area contributed by atoms with Gasteiger partial charge in [0.15, 0.2) is 6.04 Å². The number of rotatable bonds is 11. The molecule has 0 radical (unpaired) electrons. The Bertz CT molecular complexity index is 498.